The van der Waals surface area contributed by atoms with Gasteiger partial charge in [-0.05, 0) is 44.2 Å². The van der Waals surface area contributed by atoms with E-state index in [1.807, 2.05) is 30.5 Å². The molecule has 0 radical (unpaired) electrons. The van der Waals surface area contributed by atoms with E-state index >= 15 is 0 Å². The highest BCUT2D eigenvalue weighted by molar-refractivity contribution is 6.30. The van der Waals surface area contributed by atoms with Crippen molar-refractivity contribution in [1.82, 2.24) is 4.57 Å². The zero-order valence-electron chi connectivity index (χ0n) is 8.59. The molecule has 78 valence electrons. The Morgan fingerprint density at radius 3 is 2.20 bits per heavy atom. The Hall–Kier alpha value is -1.28. The van der Waals surface area contributed by atoms with Crippen LogP contribution in [-0.2, 0) is 0 Å². The van der Waals surface area contributed by atoms with Crippen LogP contribution in [0.4, 0.5) is 4.39 Å². The minimum absolute atomic E-state index is 0.301. The number of rotatable bonds is 1. The Labute approximate surface area is 93.1 Å². The minimum Gasteiger partial charge on any atom is -0.316 e. The smallest absolute Gasteiger partial charge is 0.148 e. The quantitative estimate of drug-likeness (QED) is 0.691. The Bertz CT molecular complexity index is 483. The maximum absolute atomic E-state index is 13.7. The zero-order chi connectivity index (χ0) is 11.0. The number of aryl methyl sites for hydroxylation is 2. The van der Waals surface area contributed by atoms with Gasteiger partial charge in [0.05, 0.1) is 5.69 Å². The van der Waals surface area contributed by atoms with Crippen LogP contribution in [0.5, 0.6) is 0 Å². The van der Waals surface area contributed by atoms with Gasteiger partial charge in [0, 0.05) is 16.4 Å². The molecule has 1 aromatic carbocycles. The van der Waals surface area contributed by atoms with E-state index in [2.05, 4.69) is 0 Å². The summed E-state index contributed by atoms with van der Waals surface area (Å²) < 4.78 is 15.5. The highest BCUT2D eigenvalue weighted by Gasteiger charge is 2.08. The molecule has 2 aromatic rings. The molecule has 1 aromatic heterocycles. The molecule has 0 N–H and O–H groups in total. The van der Waals surface area contributed by atoms with E-state index in [4.69, 9.17) is 11.6 Å². The fourth-order valence-electron chi connectivity index (χ4n) is 1.71. The SMILES string of the molecule is Cc1ccc(C)n1-c1ccc(Cl)cc1F. The van der Waals surface area contributed by atoms with Crippen LogP contribution in [-0.4, -0.2) is 4.57 Å². The van der Waals surface area contributed by atoms with Crippen LogP contribution in [0, 0.1) is 19.7 Å². The lowest BCUT2D eigenvalue weighted by atomic mass is 10.3. The van der Waals surface area contributed by atoms with Crippen molar-refractivity contribution in [3.05, 3.63) is 52.6 Å². The van der Waals surface area contributed by atoms with Crippen molar-refractivity contribution >= 4 is 11.6 Å². The van der Waals surface area contributed by atoms with Gasteiger partial charge >= 0.3 is 0 Å². The van der Waals surface area contributed by atoms with Crippen LogP contribution in [0.2, 0.25) is 5.02 Å². The molecule has 0 bridgehead atoms. The van der Waals surface area contributed by atoms with Gasteiger partial charge in [-0.25, -0.2) is 4.39 Å². The predicted molar refractivity (Wildman–Crippen MR) is 60.2 cm³/mol. The van der Waals surface area contributed by atoms with Gasteiger partial charge in [-0.2, -0.15) is 0 Å². The number of halogens is 2. The van der Waals surface area contributed by atoms with Gasteiger partial charge < -0.3 is 4.57 Å². The molecule has 1 heterocycles. The molecule has 0 aliphatic heterocycles. The van der Waals surface area contributed by atoms with Crippen LogP contribution in [0.25, 0.3) is 5.69 Å². The minimum atomic E-state index is -0.301. The van der Waals surface area contributed by atoms with E-state index < -0.39 is 0 Å². The fourth-order valence-corrected chi connectivity index (χ4v) is 1.87. The lowest BCUT2D eigenvalue weighted by Crippen LogP contribution is -2.01. The largest absolute Gasteiger partial charge is 0.316 e. The van der Waals surface area contributed by atoms with E-state index in [0.717, 1.165) is 11.4 Å². The summed E-state index contributed by atoms with van der Waals surface area (Å²) in [5, 5.41) is 0.415. The first-order valence-corrected chi connectivity index (χ1v) is 5.08. The fraction of sp³-hybridized carbons (Fsp3) is 0.167. The number of aromatic nitrogens is 1. The Balaban J connectivity index is 2.64. The molecule has 0 spiro atoms. The van der Waals surface area contributed by atoms with E-state index in [9.17, 15) is 4.39 Å². The monoisotopic (exact) mass is 223 g/mol. The van der Waals surface area contributed by atoms with Gasteiger partial charge in [0.2, 0.25) is 0 Å². The van der Waals surface area contributed by atoms with Gasteiger partial charge in [0.15, 0.2) is 0 Å². The normalized spacial score (nSPS) is 10.7. The molecule has 2 rings (SSSR count). The lowest BCUT2D eigenvalue weighted by Gasteiger charge is -2.10. The molecular weight excluding hydrogens is 213 g/mol. The molecule has 1 nitrogen and oxygen atoms in total. The summed E-state index contributed by atoms with van der Waals surface area (Å²) in [5.41, 5.74) is 2.56. The summed E-state index contributed by atoms with van der Waals surface area (Å²) in [6.07, 6.45) is 0. The Morgan fingerprint density at radius 2 is 1.67 bits per heavy atom. The first-order chi connectivity index (χ1) is 7.09. The van der Waals surface area contributed by atoms with Crippen LogP contribution in [0.1, 0.15) is 11.4 Å². The maximum Gasteiger partial charge on any atom is 0.148 e. The van der Waals surface area contributed by atoms with Crippen molar-refractivity contribution in [3.8, 4) is 5.69 Å². The average Bonchev–Trinajstić information content (AvgIpc) is 2.48. The summed E-state index contributed by atoms with van der Waals surface area (Å²) in [4.78, 5) is 0. The van der Waals surface area contributed by atoms with Crippen molar-refractivity contribution in [1.29, 1.82) is 0 Å². The predicted octanol–water partition coefficient (Wildman–Crippen LogP) is 3.89. The van der Waals surface area contributed by atoms with Crippen LogP contribution in [0.15, 0.2) is 30.3 Å². The van der Waals surface area contributed by atoms with E-state index in [1.54, 1.807) is 12.1 Å². The second kappa shape index (κ2) is 3.70. The van der Waals surface area contributed by atoms with Gasteiger partial charge in [-0.15, -0.1) is 0 Å². The van der Waals surface area contributed by atoms with Crippen molar-refractivity contribution in [3.63, 3.8) is 0 Å². The molecule has 0 aliphatic rings. The third-order valence-corrected chi connectivity index (χ3v) is 2.66. The van der Waals surface area contributed by atoms with Crippen molar-refractivity contribution in [2.75, 3.05) is 0 Å². The molecule has 0 saturated carbocycles. The van der Waals surface area contributed by atoms with Gasteiger partial charge in [0.25, 0.3) is 0 Å². The molecule has 0 amide bonds. The lowest BCUT2D eigenvalue weighted by molar-refractivity contribution is 0.616. The summed E-state index contributed by atoms with van der Waals surface area (Å²) >= 11 is 5.71. The third kappa shape index (κ3) is 1.77. The van der Waals surface area contributed by atoms with E-state index in [0.29, 0.717) is 10.7 Å². The summed E-state index contributed by atoms with van der Waals surface area (Å²) in [6, 6.07) is 8.64. The Morgan fingerprint density at radius 1 is 1.07 bits per heavy atom. The summed E-state index contributed by atoms with van der Waals surface area (Å²) in [6.45, 7) is 3.89. The molecule has 0 aliphatic carbocycles. The van der Waals surface area contributed by atoms with E-state index in [1.165, 1.54) is 6.07 Å². The van der Waals surface area contributed by atoms with Gasteiger partial charge in [-0.3, -0.25) is 0 Å². The topological polar surface area (TPSA) is 4.93 Å². The van der Waals surface area contributed by atoms with E-state index in [-0.39, 0.29) is 5.82 Å². The molecule has 0 fully saturated rings. The molecule has 3 heteroatoms. The molecule has 0 atom stereocenters. The summed E-state index contributed by atoms with van der Waals surface area (Å²) in [7, 11) is 0. The number of benzene rings is 1. The van der Waals surface area contributed by atoms with Gasteiger partial charge in [0.1, 0.15) is 5.82 Å². The first-order valence-electron chi connectivity index (χ1n) is 4.70. The van der Waals surface area contributed by atoms with Crippen molar-refractivity contribution < 1.29 is 4.39 Å². The second-order valence-corrected chi connectivity index (χ2v) is 3.98. The van der Waals surface area contributed by atoms with Gasteiger partial charge in [-0.1, -0.05) is 11.6 Å². The molecule has 0 unspecified atom stereocenters. The second-order valence-electron chi connectivity index (χ2n) is 3.55. The average molecular weight is 224 g/mol. The molecule has 15 heavy (non-hydrogen) atoms. The zero-order valence-corrected chi connectivity index (χ0v) is 9.35. The van der Waals surface area contributed by atoms with Crippen molar-refractivity contribution in [2.24, 2.45) is 0 Å². The molecule has 0 saturated heterocycles. The maximum atomic E-state index is 13.7. The standard InChI is InChI=1S/C12H11ClFN/c1-8-3-4-9(2)15(8)12-6-5-10(13)7-11(12)14/h3-7H,1-2H3. The third-order valence-electron chi connectivity index (χ3n) is 2.42. The highest BCUT2D eigenvalue weighted by atomic mass is 35.5. The molecular formula is C12H11ClFN. The number of hydrogen-bond donors (Lipinski definition) is 0. The van der Waals surface area contributed by atoms with Crippen molar-refractivity contribution in [2.45, 2.75) is 13.8 Å². The highest BCUT2D eigenvalue weighted by Crippen LogP contribution is 2.21. The number of nitrogens with zero attached hydrogens (tertiary/aromatic N) is 1. The first kappa shape index (κ1) is 10.2. The summed E-state index contributed by atoms with van der Waals surface area (Å²) in [5.74, 6) is -0.301. The van der Waals surface area contributed by atoms with Crippen LogP contribution >= 0.6 is 11.6 Å². The van der Waals surface area contributed by atoms with Crippen LogP contribution in [0.3, 0.4) is 0 Å². The number of hydrogen-bond acceptors (Lipinski definition) is 0. The van der Waals surface area contributed by atoms with Crippen LogP contribution < -0.4 is 0 Å². The Kier molecular flexibility index (Phi) is 2.53.